The average molecular weight is 296 g/mol. The molecule has 1 aliphatic carbocycles. The molecule has 0 aromatic carbocycles. The van der Waals surface area contributed by atoms with E-state index in [1.54, 1.807) is 11.3 Å². The summed E-state index contributed by atoms with van der Waals surface area (Å²) in [6, 6.07) is 2.44. The largest absolute Gasteiger partial charge is 0.392 e. The van der Waals surface area contributed by atoms with Crippen molar-refractivity contribution >= 4 is 34.5 Å². The minimum atomic E-state index is -0.714. The molecule has 0 aliphatic heterocycles. The van der Waals surface area contributed by atoms with E-state index in [0.29, 0.717) is 24.0 Å². The summed E-state index contributed by atoms with van der Waals surface area (Å²) >= 11 is 6.77. The van der Waals surface area contributed by atoms with Crippen LogP contribution in [0.5, 0.6) is 0 Å². The SMILES string of the molecule is CCC(C)(C(=O)N(Cc1ccsc1)C1CC1)C(N)=S. The summed E-state index contributed by atoms with van der Waals surface area (Å²) in [6.07, 6.45) is 2.83. The fraction of sp³-hybridized carbons (Fsp3) is 0.571. The number of hydrogen-bond acceptors (Lipinski definition) is 3. The third kappa shape index (κ3) is 2.98. The molecule has 1 unspecified atom stereocenters. The Hall–Kier alpha value is -0.940. The molecule has 1 saturated carbocycles. The number of hydrogen-bond donors (Lipinski definition) is 1. The van der Waals surface area contributed by atoms with Crippen LogP contribution in [0.2, 0.25) is 0 Å². The number of nitrogens with zero attached hydrogens (tertiary/aromatic N) is 1. The predicted octanol–water partition coefficient (Wildman–Crippen LogP) is 2.94. The number of thiocarbonyl (C=S) groups is 1. The highest BCUT2D eigenvalue weighted by Gasteiger charge is 2.43. The van der Waals surface area contributed by atoms with Crippen LogP contribution >= 0.6 is 23.6 Å². The Morgan fingerprint density at radius 3 is 2.74 bits per heavy atom. The highest BCUT2D eigenvalue weighted by Crippen LogP contribution is 2.34. The first kappa shape index (κ1) is 14.5. The fourth-order valence-electron chi connectivity index (χ4n) is 2.08. The van der Waals surface area contributed by atoms with Crippen LogP contribution in [-0.4, -0.2) is 21.8 Å². The molecular weight excluding hydrogens is 276 g/mol. The zero-order valence-corrected chi connectivity index (χ0v) is 13.0. The lowest BCUT2D eigenvalue weighted by molar-refractivity contribution is -0.139. The van der Waals surface area contributed by atoms with E-state index in [2.05, 4.69) is 11.4 Å². The molecule has 1 aromatic heterocycles. The van der Waals surface area contributed by atoms with Gasteiger partial charge >= 0.3 is 0 Å². The van der Waals surface area contributed by atoms with Gasteiger partial charge in [-0.3, -0.25) is 4.79 Å². The maximum absolute atomic E-state index is 12.8. The third-order valence-electron chi connectivity index (χ3n) is 3.90. The van der Waals surface area contributed by atoms with Gasteiger partial charge in [-0.15, -0.1) is 0 Å². The molecule has 3 nitrogen and oxygen atoms in total. The third-order valence-corrected chi connectivity index (χ3v) is 5.09. The van der Waals surface area contributed by atoms with E-state index in [1.165, 1.54) is 5.56 Å². The van der Waals surface area contributed by atoms with Crippen molar-refractivity contribution in [3.8, 4) is 0 Å². The highest BCUT2D eigenvalue weighted by molar-refractivity contribution is 7.80. The molecule has 104 valence electrons. The van der Waals surface area contributed by atoms with Gasteiger partial charge in [0.25, 0.3) is 0 Å². The van der Waals surface area contributed by atoms with Crippen LogP contribution in [0.15, 0.2) is 16.8 Å². The number of rotatable bonds is 6. The van der Waals surface area contributed by atoms with Crippen LogP contribution in [0.3, 0.4) is 0 Å². The Morgan fingerprint density at radius 2 is 2.32 bits per heavy atom. The summed E-state index contributed by atoms with van der Waals surface area (Å²) < 4.78 is 0. The summed E-state index contributed by atoms with van der Waals surface area (Å²) in [5.74, 6) is 0.0798. The molecule has 1 atom stereocenters. The number of carbonyl (C=O) groups is 1. The molecule has 1 fully saturated rings. The van der Waals surface area contributed by atoms with Crippen LogP contribution in [0, 0.1) is 5.41 Å². The zero-order valence-electron chi connectivity index (χ0n) is 11.4. The Kier molecular flexibility index (Phi) is 4.26. The number of amides is 1. The van der Waals surface area contributed by atoms with Crippen LogP contribution in [0.25, 0.3) is 0 Å². The average Bonchev–Trinajstić information content (AvgIpc) is 3.11. The van der Waals surface area contributed by atoms with Gasteiger partial charge in [0.1, 0.15) is 0 Å². The molecule has 5 heteroatoms. The summed E-state index contributed by atoms with van der Waals surface area (Å²) in [5, 5.41) is 4.13. The van der Waals surface area contributed by atoms with Crippen molar-refractivity contribution in [1.29, 1.82) is 0 Å². The van der Waals surface area contributed by atoms with Crippen molar-refractivity contribution < 1.29 is 4.79 Å². The fourth-order valence-corrected chi connectivity index (χ4v) is 2.97. The minimum absolute atomic E-state index is 0.0798. The van der Waals surface area contributed by atoms with Gasteiger partial charge < -0.3 is 10.6 Å². The van der Waals surface area contributed by atoms with Crippen LogP contribution in [0.4, 0.5) is 0 Å². The van der Waals surface area contributed by atoms with Gasteiger partial charge in [0.15, 0.2) is 0 Å². The van der Waals surface area contributed by atoms with Gasteiger partial charge in [0.2, 0.25) is 5.91 Å². The number of carbonyl (C=O) groups excluding carboxylic acids is 1. The first-order valence-electron chi connectivity index (χ1n) is 6.61. The first-order valence-corrected chi connectivity index (χ1v) is 7.96. The topological polar surface area (TPSA) is 46.3 Å². The van der Waals surface area contributed by atoms with Crippen molar-refractivity contribution in [2.75, 3.05) is 0 Å². The molecule has 1 heterocycles. The van der Waals surface area contributed by atoms with Crippen molar-refractivity contribution in [2.24, 2.45) is 11.1 Å². The lowest BCUT2D eigenvalue weighted by atomic mass is 9.85. The van der Waals surface area contributed by atoms with E-state index >= 15 is 0 Å². The Morgan fingerprint density at radius 1 is 1.63 bits per heavy atom. The van der Waals surface area contributed by atoms with Crippen LogP contribution in [-0.2, 0) is 11.3 Å². The lowest BCUT2D eigenvalue weighted by Gasteiger charge is -2.33. The minimum Gasteiger partial charge on any atom is -0.392 e. The van der Waals surface area contributed by atoms with E-state index in [-0.39, 0.29) is 5.91 Å². The molecule has 0 spiro atoms. The molecule has 2 rings (SSSR count). The van der Waals surface area contributed by atoms with E-state index in [4.69, 9.17) is 18.0 Å². The van der Waals surface area contributed by atoms with Gasteiger partial charge in [0.05, 0.1) is 10.4 Å². The predicted molar refractivity (Wildman–Crippen MR) is 83.1 cm³/mol. The monoisotopic (exact) mass is 296 g/mol. The van der Waals surface area contributed by atoms with Gasteiger partial charge in [-0.25, -0.2) is 0 Å². The van der Waals surface area contributed by atoms with E-state index in [9.17, 15) is 4.79 Å². The lowest BCUT2D eigenvalue weighted by Crippen LogP contribution is -2.49. The number of thiophene rings is 1. The first-order chi connectivity index (χ1) is 8.99. The standard InChI is InChI=1S/C14H20N2OS2/c1-3-14(2,12(15)18)13(17)16(11-4-5-11)8-10-6-7-19-9-10/h6-7,9,11H,3-5,8H2,1-2H3,(H2,15,18). The smallest absolute Gasteiger partial charge is 0.235 e. The second-order valence-electron chi connectivity index (χ2n) is 5.35. The summed E-state index contributed by atoms with van der Waals surface area (Å²) in [4.78, 5) is 15.1. The maximum atomic E-state index is 12.8. The molecule has 0 bridgehead atoms. The molecule has 0 radical (unpaired) electrons. The van der Waals surface area contributed by atoms with Gasteiger partial charge in [-0.1, -0.05) is 19.1 Å². The highest BCUT2D eigenvalue weighted by atomic mass is 32.1. The Balaban J connectivity index is 2.19. The van der Waals surface area contributed by atoms with E-state index in [0.717, 1.165) is 12.8 Å². The van der Waals surface area contributed by atoms with Crippen molar-refractivity contribution in [3.05, 3.63) is 22.4 Å². The van der Waals surface area contributed by atoms with Gasteiger partial charge in [0, 0.05) is 12.6 Å². The molecular formula is C14H20N2OS2. The molecule has 1 aliphatic rings. The van der Waals surface area contributed by atoms with Crippen LogP contribution in [0.1, 0.15) is 38.7 Å². The van der Waals surface area contributed by atoms with Crippen molar-refractivity contribution in [2.45, 2.75) is 45.7 Å². The Labute approximate surface area is 123 Å². The van der Waals surface area contributed by atoms with Crippen molar-refractivity contribution in [1.82, 2.24) is 4.90 Å². The van der Waals surface area contributed by atoms with Crippen LogP contribution < -0.4 is 5.73 Å². The van der Waals surface area contributed by atoms with Crippen molar-refractivity contribution in [3.63, 3.8) is 0 Å². The van der Waals surface area contributed by atoms with Gasteiger partial charge in [-0.05, 0) is 48.6 Å². The molecule has 1 aromatic rings. The zero-order chi connectivity index (χ0) is 14.0. The molecule has 1 amide bonds. The molecule has 2 N–H and O–H groups in total. The quantitative estimate of drug-likeness (QED) is 0.821. The van der Waals surface area contributed by atoms with E-state index in [1.807, 2.05) is 24.1 Å². The second kappa shape index (κ2) is 5.59. The molecule has 19 heavy (non-hydrogen) atoms. The molecule has 0 saturated heterocycles. The number of nitrogens with two attached hydrogens (primary N) is 1. The Bertz CT molecular complexity index is 468. The second-order valence-corrected chi connectivity index (χ2v) is 6.57. The summed E-state index contributed by atoms with van der Waals surface area (Å²) in [6.45, 7) is 4.50. The normalized spacial score (nSPS) is 17.8. The van der Waals surface area contributed by atoms with Gasteiger partial charge in [-0.2, -0.15) is 11.3 Å². The summed E-state index contributed by atoms with van der Waals surface area (Å²) in [7, 11) is 0. The summed E-state index contributed by atoms with van der Waals surface area (Å²) in [5.41, 5.74) is 6.27. The van der Waals surface area contributed by atoms with E-state index < -0.39 is 5.41 Å². The maximum Gasteiger partial charge on any atom is 0.235 e.